The van der Waals surface area contributed by atoms with E-state index in [2.05, 4.69) is 11.9 Å². The molecular weight excluding hydrogens is 242 g/mol. The van der Waals surface area contributed by atoms with E-state index < -0.39 is 11.4 Å². The van der Waals surface area contributed by atoms with Crippen LogP contribution in [0.2, 0.25) is 0 Å². The molecule has 0 radical (unpaired) electrons. The first-order chi connectivity index (χ1) is 9.07. The fourth-order valence-corrected chi connectivity index (χ4v) is 2.89. The number of aliphatic carboxylic acids is 1. The third-order valence-electron chi connectivity index (χ3n) is 4.26. The van der Waals surface area contributed by atoms with Gasteiger partial charge in [-0.2, -0.15) is 0 Å². The van der Waals surface area contributed by atoms with Crippen molar-refractivity contribution in [2.24, 2.45) is 11.3 Å². The Bertz CT molecular complexity index is 450. The van der Waals surface area contributed by atoms with Crippen LogP contribution in [0.5, 0.6) is 5.88 Å². The van der Waals surface area contributed by atoms with Crippen molar-refractivity contribution < 1.29 is 14.6 Å². The Hall–Kier alpha value is -1.58. The van der Waals surface area contributed by atoms with Crippen molar-refractivity contribution in [3.8, 4) is 5.88 Å². The van der Waals surface area contributed by atoms with Gasteiger partial charge in [-0.15, -0.1) is 0 Å². The highest BCUT2D eigenvalue weighted by molar-refractivity contribution is 5.75. The molecule has 1 N–H and O–H groups in total. The van der Waals surface area contributed by atoms with Crippen LogP contribution in [0.3, 0.4) is 0 Å². The van der Waals surface area contributed by atoms with Gasteiger partial charge in [0.2, 0.25) is 5.88 Å². The van der Waals surface area contributed by atoms with Crippen LogP contribution in [0.15, 0.2) is 18.3 Å². The van der Waals surface area contributed by atoms with Crippen molar-refractivity contribution in [2.45, 2.75) is 39.0 Å². The number of pyridine rings is 1. The molecule has 4 heteroatoms. The van der Waals surface area contributed by atoms with Crippen molar-refractivity contribution in [1.82, 2.24) is 4.98 Å². The van der Waals surface area contributed by atoms with Gasteiger partial charge in [0.15, 0.2) is 0 Å². The molecule has 1 aromatic heterocycles. The molecule has 1 aliphatic rings. The van der Waals surface area contributed by atoms with Gasteiger partial charge in [0.05, 0.1) is 12.5 Å². The summed E-state index contributed by atoms with van der Waals surface area (Å²) in [7, 11) is 1.57. The predicted molar refractivity (Wildman–Crippen MR) is 72.2 cm³/mol. The van der Waals surface area contributed by atoms with E-state index in [-0.39, 0.29) is 0 Å². The van der Waals surface area contributed by atoms with Crippen LogP contribution in [-0.2, 0) is 11.2 Å². The molecule has 1 aromatic rings. The number of carboxylic acid groups (broad SMARTS) is 1. The van der Waals surface area contributed by atoms with Gasteiger partial charge in [-0.25, -0.2) is 4.98 Å². The van der Waals surface area contributed by atoms with Gasteiger partial charge in [-0.1, -0.05) is 13.0 Å². The number of aromatic nitrogens is 1. The molecule has 104 valence electrons. The normalized spacial score (nSPS) is 26.9. The zero-order chi connectivity index (χ0) is 13.9. The Morgan fingerprint density at radius 3 is 2.79 bits per heavy atom. The number of hydrogen-bond donors (Lipinski definition) is 1. The van der Waals surface area contributed by atoms with E-state index in [0.29, 0.717) is 18.2 Å². The van der Waals surface area contributed by atoms with Crippen molar-refractivity contribution in [3.05, 3.63) is 23.9 Å². The molecular formula is C15H21NO3. The van der Waals surface area contributed by atoms with Crippen molar-refractivity contribution in [2.75, 3.05) is 7.11 Å². The summed E-state index contributed by atoms with van der Waals surface area (Å²) in [6, 6.07) is 3.74. The van der Waals surface area contributed by atoms with Crippen molar-refractivity contribution in [3.63, 3.8) is 0 Å². The number of rotatable bonds is 4. The molecule has 1 aliphatic carbocycles. The van der Waals surface area contributed by atoms with Gasteiger partial charge >= 0.3 is 5.97 Å². The number of methoxy groups -OCH3 is 1. The van der Waals surface area contributed by atoms with Gasteiger partial charge in [0.25, 0.3) is 0 Å². The Labute approximate surface area is 113 Å². The fourth-order valence-electron chi connectivity index (χ4n) is 2.89. The van der Waals surface area contributed by atoms with Gasteiger partial charge in [-0.3, -0.25) is 4.79 Å². The molecule has 4 nitrogen and oxygen atoms in total. The average Bonchev–Trinajstić information content (AvgIpc) is 2.42. The number of carbonyl (C=O) groups is 1. The maximum absolute atomic E-state index is 11.7. The maximum Gasteiger partial charge on any atom is 0.309 e. The lowest BCUT2D eigenvalue weighted by atomic mass is 9.68. The first-order valence-corrected chi connectivity index (χ1v) is 6.79. The van der Waals surface area contributed by atoms with Crippen LogP contribution in [0.4, 0.5) is 0 Å². The van der Waals surface area contributed by atoms with Gasteiger partial charge in [0.1, 0.15) is 0 Å². The highest BCUT2D eigenvalue weighted by atomic mass is 16.5. The summed E-state index contributed by atoms with van der Waals surface area (Å²) in [6.45, 7) is 2.19. The van der Waals surface area contributed by atoms with Gasteiger partial charge < -0.3 is 9.84 Å². The average molecular weight is 263 g/mol. The Morgan fingerprint density at radius 2 is 2.21 bits per heavy atom. The lowest BCUT2D eigenvalue weighted by Gasteiger charge is -2.36. The molecule has 19 heavy (non-hydrogen) atoms. The Balaban J connectivity index is 2.24. The van der Waals surface area contributed by atoms with Gasteiger partial charge in [0, 0.05) is 11.8 Å². The third-order valence-corrected chi connectivity index (χ3v) is 4.26. The molecule has 1 fully saturated rings. The SMILES string of the molecule is COc1ncccc1CC1(C(=O)O)CCC(C)CC1. The largest absolute Gasteiger partial charge is 0.481 e. The molecule has 0 amide bonds. The molecule has 1 heterocycles. The summed E-state index contributed by atoms with van der Waals surface area (Å²) < 4.78 is 5.23. The molecule has 0 atom stereocenters. The highest BCUT2D eigenvalue weighted by Gasteiger charge is 2.41. The lowest BCUT2D eigenvalue weighted by molar-refractivity contribution is -0.151. The predicted octanol–water partition coefficient (Wildman–Crippen LogP) is 2.91. The number of hydrogen-bond acceptors (Lipinski definition) is 3. The molecule has 2 rings (SSSR count). The van der Waals surface area contributed by atoms with Crippen LogP contribution < -0.4 is 4.74 Å². The van der Waals surface area contributed by atoms with E-state index in [9.17, 15) is 9.90 Å². The molecule has 0 spiro atoms. The second kappa shape index (κ2) is 5.59. The van der Waals surface area contributed by atoms with Crippen LogP contribution in [0.25, 0.3) is 0 Å². The minimum absolute atomic E-state index is 0.506. The standard InChI is InChI=1S/C15H21NO3/c1-11-5-7-15(8-6-11,14(17)18)10-12-4-3-9-16-13(12)19-2/h3-4,9,11H,5-8,10H2,1-2H3,(H,17,18). The minimum atomic E-state index is -0.690. The summed E-state index contributed by atoms with van der Waals surface area (Å²) in [4.78, 5) is 15.9. The van der Waals surface area contributed by atoms with E-state index in [0.717, 1.165) is 31.2 Å². The second-order valence-corrected chi connectivity index (χ2v) is 5.62. The zero-order valence-electron chi connectivity index (χ0n) is 11.6. The molecule has 0 bridgehead atoms. The van der Waals surface area contributed by atoms with E-state index in [4.69, 9.17) is 4.74 Å². The van der Waals surface area contributed by atoms with Gasteiger partial charge in [-0.05, 0) is 44.1 Å². The second-order valence-electron chi connectivity index (χ2n) is 5.62. The molecule has 0 aliphatic heterocycles. The first kappa shape index (κ1) is 13.8. The van der Waals surface area contributed by atoms with Crippen molar-refractivity contribution >= 4 is 5.97 Å². The summed E-state index contributed by atoms with van der Waals surface area (Å²) >= 11 is 0. The fraction of sp³-hybridized carbons (Fsp3) is 0.600. The van der Waals surface area contributed by atoms with E-state index >= 15 is 0 Å². The summed E-state index contributed by atoms with van der Waals surface area (Å²) in [5.74, 6) is 0.482. The topological polar surface area (TPSA) is 59.4 Å². The summed E-state index contributed by atoms with van der Waals surface area (Å²) in [5, 5.41) is 9.64. The molecule has 0 aromatic carbocycles. The summed E-state index contributed by atoms with van der Waals surface area (Å²) in [6.07, 6.45) is 5.61. The van der Waals surface area contributed by atoms with Crippen LogP contribution in [0.1, 0.15) is 38.2 Å². The lowest BCUT2D eigenvalue weighted by Crippen LogP contribution is -2.37. The number of nitrogens with zero attached hydrogens (tertiary/aromatic N) is 1. The number of carboxylic acids is 1. The molecule has 0 saturated heterocycles. The molecule has 1 saturated carbocycles. The van der Waals surface area contributed by atoms with E-state index in [1.54, 1.807) is 13.3 Å². The van der Waals surface area contributed by atoms with Crippen LogP contribution in [-0.4, -0.2) is 23.2 Å². The monoisotopic (exact) mass is 263 g/mol. The van der Waals surface area contributed by atoms with Crippen molar-refractivity contribution in [1.29, 1.82) is 0 Å². The molecule has 0 unspecified atom stereocenters. The zero-order valence-corrected chi connectivity index (χ0v) is 11.6. The number of ether oxygens (including phenoxy) is 1. The maximum atomic E-state index is 11.7. The van der Waals surface area contributed by atoms with Crippen LogP contribution >= 0.6 is 0 Å². The summed E-state index contributed by atoms with van der Waals surface area (Å²) in [5.41, 5.74) is 0.241. The quantitative estimate of drug-likeness (QED) is 0.907. The highest BCUT2D eigenvalue weighted by Crippen LogP contribution is 2.42. The third kappa shape index (κ3) is 2.88. The first-order valence-electron chi connectivity index (χ1n) is 6.79. The smallest absolute Gasteiger partial charge is 0.309 e. The van der Waals surface area contributed by atoms with Crippen LogP contribution in [0, 0.1) is 11.3 Å². The Kier molecular flexibility index (Phi) is 4.08. The minimum Gasteiger partial charge on any atom is -0.481 e. The Morgan fingerprint density at radius 1 is 1.53 bits per heavy atom. The van der Waals surface area contributed by atoms with E-state index in [1.165, 1.54) is 0 Å². The van der Waals surface area contributed by atoms with E-state index in [1.807, 2.05) is 12.1 Å².